The summed E-state index contributed by atoms with van der Waals surface area (Å²) in [5, 5.41) is 2.82. The molecule has 0 aromatic carbocycles. The Balaban J connectivity index is 4.19. The van der Waals surface area contributed by atoms with Crippen molar-refractivity contribution in [2.75, 3.05) is 33.4 Å². The lowest BCUT2D eigenvalue weighted by Crippen LogP contribution is -2.29. The van der Waals surface area contributed by atoms with E-state index in [9.17, 15) is 19.0 Å². The van der Waals surface area contributed by atoms with Crippen molar-refractivity contribution in [3.05, 3.63) is 24.3 Å². The Labute approximate surface area is 319 Å². The molecule has 10 heteroatoms. The van der Waals surface area contributed by atoms with Crippen LogP contribution in [0.1, 0.15) is 194 Å². The summed E-state index contributed by atoms with van der Waals surface area (Å²) in [4.78, 5) is 35.0. The molecule has 0 saturated carbocycles. The second kappa shape index (κ2) is 39.2. The highest BCUT2D eigenvalue weighted by molar-refractivity contribution is 7.47. The molecule has 9 nitrogen and oxygen atoms in total. The zero-order valence-electron chi connectivity index (χ0n) is 33.8. The monoisotopic (exact) mass is 758 g/mol. The van der Waals surface area contributed by atoms with Crippen LogP contribution in [0.15, 0.2) is 24.3 Å². The van der Waals surface area contributed by atoms with Gasteiger partial charge in [0.25, 0.3) is 0 Å². The van der Waals surface area contributed by atoms with Crippen LogP contribution in [0, 0.1) is 0 Å². The molecule has 0 aliphatic heterocycles. The molecule has 2 atom stereocenters. The highest BCUT2D eigenvalue weighted by Crippen LogP contribution is 2.43. The highest BCUT2D eigenvalue weighted by atomic mass is 31.2. The van der Waals surface area contributed by atoms with E-state index in [1.54, 1.807) is 7.05 Å². The molecule has 0 amide bonds. The van der Waals surface area contributed by atoms with E-state index < -0.39 is 26.5 Å². The molecular formula is C42H80NO8P. The molecule has 2 N–H and O–H groups in total. The Morgan fingerprint density at radius 1 is 0.577 bits per heavy atom. The minimum absolute atomic E-state index is 0.0175. The number of rotatable bonds is 40. The van der Waals surface area contributed by atoms with E-state index in [1.807, 2.05) is 0 Å². The van der Waals surface area contributed by atoms with Crippen molar-refractivity contribution in [1.29, 1.82) is 0 Å². The third-order valence-corrected chi connectivity index (χ3v) is 10.0. The van der Waals surface area contributed by atoms with Crippen molar-refractivity contribution in [2.24, 2.45) is 0 Å². The van der Waals surface area contributed by atoms with Crippen molar-refractivity contribution >= 4 is 19.8 Å². The molecule has 0 fully saturated rings. The lowest BCUT2D eigenvalue weighted by molar-refractivity contribution is -0.161. The quantitative estimate of drug-likeness (QED) is 0.0272. The summed E-state index contributed by atoms with van der Waals surface area (Å²) < 4.78 is 33.1. The Hall–Kier alpha value is -1.51. The van der Waals surface area contributed by atoms with Crippen LogP contribution >= 0.6 is 7.82 Å². The Morgan fingerprint density at radius 3 is 1.48 bits per heavy atom. The van der Waals surface area contributed by atoms with Gasteiger partial charge in [0.05, 0.1) is 13.2 Å². The summed E-state index contributed by atoms with van der Waals surface area (Å²) in [6, 6.07) is 0. The summed E-state index contributed by atoms with van der Waals surface area (Å²) >= 11 is 0. The molecule has 0 aliphatic carbocycles. The van der Waals surface area contributed by atoms with E-state index in [0.717, 1.165) is 64.2 Å². The second-order valence-corrected chi connectivity index (χ2v) is 15.6. The zero-order chi connectivity index (χ0) is 38.2. The fraction of sp³-hybridized carbons (Fsp3) is 0.857. The maximum absolute atomic E-state index is 12.6. The van der Waals surface area contributed by atoms with Gasteiger partial charge >= 0.3 is 19.8 Å². The van der Waals surface area contributed by atoms with E-state index in [1.165, 1.54) is 96.3 Å². The molecule has 0 heterocycles. The maximum Gasteiger partial charge on any atom is 0.472 e. The number of unbranched alkanes of at least 4 members (excludes halogenated alkanes) is 22. The van der Waals surface area contributed by atoms with Gasteiger partial charge < -0.3 is 19.7 Å². The van der Waals surface area contributed by atoms with Crippen molar-refractivity contribution in [3.63, 3.8) is 0 Å². The number of hydrogen-bond donors (Lipinski definition) is 2. The summed E-state index contributed by atoms with van der Waals surface area (Å²) in [7, 11) is -2.65. The Morgan fingerprint density at radius 2 is 1.00 bits per heavy atom. The molecule has 0 saturated heterocycles. The van der Waals surface area contributed by atoms with Gasteiger partial charge in [-0.1, -0.05) is 147 Å². The number of ether oxygens (including phenoxy) is 2. The first-order valence-corrected chi connectivity index (χ1v) is 22.8. The van der Waals surface area contributed by atoms with Crippen LogP contribution in [0.2, 0.25) is 0 Å². The van der Waals surface area contributed by atoms with Gasteiger partial charge in [0.2, 0.25) is 0 Å². The lowest BCUT2D eigenvalue weighted by atomic mass is 10.1. The number of nitrogens with one attached hydrogen (secondary N) is 1. The van der Waals surface area contributed by atoms with Crippen molar-refractivity contribution in [3.8, 4) is 0 Å². The molecular weight excluding hydrogens is 677 g/mol. The first-order valence-electron chi connectivity index (χ1n) is 21.3. The van der Waals surface area contributed by atoms with E-state index in [-0.39, 0.29) is 32.0 Å². The van der Waals surface area contributed by atoms with Crippen LogP contribution < -0.4 is 5.32 Å². The van der Waals surface area contributed by atoms with Crippen LogP contribution in [0.3, 0.4) is 0 Å². The third kappa shape index (κ3) is 38.2. The zero-order valence-corrected chi connectivity index (χ0v) is 34.7. The molecule has 0 rings (SSSR count). The molecule has 0 radical (unpaired) electrons. The number of carbonyl (C=O) groups excluding carboxylic acids is 2. The highest BCUT2D eigenvalue weighted by Gasteiger charge is 2.26. The van der Waals surface area contributed by atoms with E-state index in [0.29, 0.717) is 13.0 Å². The van der Waals surface area contributed by atoms with Crippen molar-refractivity contribution in [2.45, 2.75) is 200 Å². The third-order valence-electron chi connectivity index (χ3n) is 9.04. The summed E-state index contributed by atoms with van der Waals surface area (Å²) in [6.45, 7) is 4.18. The molecule has 0 bridgehead atoms. The minimum atomic E-state index is -4.34. The smallest absolute Gasteiger partial charge is 0.462 e. The minimum Gasteiger partial charge on any atom is -0.462 e. The number of phosphoric acid groups is 1. The molecule has 0 aromatic rings. The van der Waals surface area contributed by atoms with Gasteiger partial charge in [-0.25, -0.2) is 4.57 Å². The predicted octanol–water partition coefficient (Wildman–Crippen LogP) is 11.9. The predicted molar refractivity (Wildman–Crippen MR) is 215 cm³/mol. The fourth-order valence-corrected chi connectivity index (χ4v) is 6.51. The Kier molecular flexibility index (Phi) is 38.1. The average molecular weight is 758 g/mol. The lowest BCUT2D eigenvalue weighted by Gasteiger charge is -2.20. The SMILES string of the molecule is CCCC/C=C\CCCCCCCC(=O)OCC(COP(=O)(O)OCCNC)OC(=O)CCCCCCCCCCC/C=C\CCCCCCCC. The molecule has 0 spiro atoms. The summed E-state index contributed by atoms with van der Waals surface area (Å²) in [5.74, 6) is -0.817. The molecule has 0 aliphatic rings. The first kappa shape index (κ1) is 50.5. The van der Waals surface area contributed by atoms with Crippen LogP contribution in [0.25, 0.3) is 0 Å². The van der Waals surface area contributed by atoms with Gasteiger partial charge in [-0.05, 0) is 64.8 Å². The summed E-state index contributed by atoms with van der Waals surface area (Å²) in [6.07, 6.45) is 39.4. The van der Waals surface area contributed by atoms with E-state index in [4.69, 9.17) is 18.5 Å². The largest absolute Gasteiger partial charge is 0.472 e. The average Bonchev–Trinajstić information content (AvgIpc) is 3.12. The molecule has 52 heavy (non-hydrogen) atoms. The first-order chi connectivity index (χ1) is 25.3. The van der Waals surface area contributed by atoms with Crippen molar-refractivity contribution in [1.82, 2.24) is 5.32 Å². The van der Waals surface area contributed by atoms with Gasteiger partial charge in [-0.2, -0.15) is 0 Å². The van der Waals surface area contributed by atoms with Crippen LogP contribution in [0.4, 0.5) is 0 Å². The van der Waals surface area contributed by atoms with E-state index in [2.05, 4.69) is 43.5 Å². The van der Waals surface area contributed by atoms with Gasteiger partial charge in [0.15, 0.2) is 6.10 Å². The standard InChI is InChI=1S/C42H80NO8P/c1-4-6-8-10-12-14-16-17-18-19-20-21-22-23-25-27-29-31-33-35-42(45)51-40(39-50-52(46,47)49-37-36-43-3)38-48-41(44)34-32-30-28-26-24-15-13-11-9-7-5-2/h11,13,17-18,40,43H,4-10,12,14-16,19-39H2,1-3H3,(H,46,47)/b13-11-,18-17-. The normalized spacial score (nSPS) is 13.5. The van der Waals surface area contributed by atoms with Gasteiger partial charge in [0.1, 0.15) is 6.61 Å². The molecule has 2 unspecified atom stereocenters. The number of hydrogen-bond acceptors (Lipinski definition) is 8. The van der Waals surface area contributed by atoms with Crippen LogP contribution in [-0.4, -0.2) is 56.3 Å². The van der Waals surface area contributed by atoms with Gasteiger partial charge in [0, 0.05) is 19.4 Å². The summed E-state index contributed by atoms with van der Waals surface area (Å²) in [5.41, 5.74) is 0. The fourth-order valence-electron chi connectivity index (χ4n) is 5.76. The van der Waals surface area contributed by atoms with Crippen molar-refractivity contribution < 1.29 is 37.6 Å². The number of allylic oxidation sites excluding steroid dienone is 4. The Bertz CT molecular complexity index is 912. The van der Waals surface area contributed by atoms with Crippen LogP contribution in [-0.2, 0) is 32.7 Å². The topological polar surface area (TPSA) is 120 Å². The molecule has 0 aromatic heterocycles. The molecule has 306 valence electrons. The van der Waals surface area contributed by atoms with Gasteiger partial charge in [-0.3, -0.25) is 18.6 Å². The number of esters is 2. The number of carbonyl (C=O) groups is 2. The maximum atomic E-state index is 12.6. The number of phosphoric ester groups is 1. The number of likely N-dealkylation sites (N-methyl/N-ethyl adjacent to an activating group) is 1. The van der Waals surface area contributed by atoms with Crippen LogP contribution in [0.5, 0.6) is 0 Å². The van der Waals surface area contributed by atoms with E-state index >= 15 is 0 Å². The van der Waals surface area contributed by atoms with Gasteiger partial charge in [-0.15, -0.1) is 0 Å². The second-order valence-electron chi connectivity index (χ2n) is 14.2.